The van der Waals surface area contributed by atoms with Gasteiger partial charge in [0.1, 0.15) is 11.5 Å². The Bertz CT molecular complexity index is 430. The van der Waals surface area contributed by atoms with E-state index in [2.05, 4.69) is 0 Å². The first kappa shape index (κ1) is 14.6. The van der Waals surface area contributed by atoms with Crippen LogP contribution in [-0.2, 0) is 0 Å². The van der Waals surface area contributed by atoms with Crippen molar-refractivity contribution in [3.63, 3.8) is 0 Å². The number of aryl methyl sites for hydroxylation is 2. The fourth-order valence-electron chi connectivity index (χ4n) is 1.86. The minimum atomic E-state index is -2.57. The minimum absolute atomic E-state index is 0.103. The zero-order valence-electron chi connectivity index (χ0n) is 10.8. The first-order valence-corrected chi connectivity index (χ1v) is 5.72. The summed E-state index contributed by atoms with van der Waals surface area (Å²) in [6, 6.07) is 0. The molecule has 1 aromatic heterocycles. The summed E-state index contributed by atoms with van der Waals surface area (Å²) in [5, 5.41) is 0. The highest BCUT2D eigenvalue weighted by Gasteiger charge is 2.25. The monoisotopic (exact) mass is 260 g/mol. The lowest BCUT2D eigenvalue weighted by Crippen LogP contribution is -2.39. The fraction of sp³-hybridized carbons (Fsp3) is 0.583. The van der Waals surface area contributed by atoms with Gasteiger partial charge in [-0.05, 0) is 20.8 Å². The number of rotatable bonds is 5. The summed E-state index contributed by atoms with van der Waals surface area (Å²) < 4.78 is 30.2. The summed E-state index contributed by atoms with van der Waals surface area (Å²) in [7, 11) is 0. The molecule has 0 aliphatic carbocycles. The van der Waals surface area contributed by atoms with Crippen molar-refractivity contribution >= 4 is 5.91 Å². The molecule has 0 bridgehead atoms. The molecule has 0 saturated carbocycles. The van der Waals surface area contributed by atoms with Crippen LogP contribution in [0.25, 0.3) is 0 Å². The van der Waals surface area contributed by atoms with Crippen molar-refractivity contribution in [1.82, 2.24) is 4.90 Å². The summed E-state index contributed by atoms with van der Waals surface area (Å²) in [6.07, 6.45) is -2.57. The number of nitrogens with zero attached hydrogens (tertiary/aromatic N) is 1. The van der Waals surface area contributed by atoms with Crippen molar-refractivity contribution in [2.75, 3.05) is 19.6 Å². The molecular weight excluding hydrogens is 242 g/mol. The van der Waals surface area contributed by atoms with E-state index in [4.69, 9.17) is 10.2 Å². The number of carbonyl (C=O) groups excluding carboxylic acids is 1. The number of amides is 1. The Morgan fingerprint density at radius 1 is 1.33 bits per heavy atom. The smallest absolute Gasteiger partial charge is 0.257 e. The zero-order valence-corrected chi connectivity index (χ0v) is 10.8. The molecule has 102 valence electrons. The molecule has 4 nitrogen and oxygen atoms in total. The van der Waals surface area contributed by atoms with Gasteiger partial charge in [0.15, 0.2) is 0 Å². The van der Waals surface area contributed by atoms with Gasteiger partial charge in [-0.25, -0.2) is 8.78 Å². The molecule has 1 amide bonds. The quantitative estimate of drug-likeness (QED) is 0.879. The summed E-state index contributed by atoms with van der Waals surface area (Å²) in [5.74, 6) is 0.625. The van der Waals surface area contributed by atoms with Crippen molar-refractivity contribution in [2.45, 2.75) is 27.2 Å². The van der Waals surface area contributed by atoms with Crippen LogP contribution >= 0.6 is 0 Å². The number of halogens is 2. The fourth-order valence-corrected chi connectivity index (χ4v) is 1.86. The van der Waals surface area contributed by atoms with E-state index >= 15 is 0 Å². The topological polar surface area (TPSA) is 59.5 Å². The molecule has 2 N–H and O–H groups in total. The number of alkyl halides is 2. The molecule has 0 fully saturated rings. The van der Waals surface area contributed by atoms with Gasteiger partial charge in [0.05, 0.1) is 12.1 Å². The molecule has 0 aromatic carbocycles. The Morgan fingerprint density at radius 2 is 1.94 bits per heavy atom. The third-order valence-electron chi connectivity index (χ3n) is 2.82. The second-order valence-corrected chi connectivity index (χ2v) is 4.15. The molecule has 0 unspecified atom stereocenters. The predicted octanol–water partition coefficient (Wildman–Crippen LogP) is 1.87. The van der Waals surface area contributed by atoms with Gasteiger partial charge in [-0.1, -0.05) is 0 Å². The van der Waals surface area contributed by atoms with Gasteiger partial charge in [0, 0.05) is 18.7 Å². The van der Waals surface area contributed by atoms with Gasteiger partial charge in [0.25, 0.3) is 12.3 Å². The highest BCUT2D eigenvalue weighted by molar-refractivity contribution is 5.96. The number of carbonyl (C=O) groups is 1. The normalized spacial score (nSPS) is 11.1. The molecule has 1 rings (SSSR count). The summed E-state index contributed by atoms with van der Waals surface area (Å²) >= 11 is 0. The maximum absolute atomic E-state index is 12.4. The van der Waals surface area contributed by atoms with E-state index in [1.807, 2.05) is 0 Å². The van der Waals surface area contributed by atoms with E-state index in [0.29, 0.717) is 22.6 Å². The van der Waals surface area contributed by atoms with Crippen LogP contribution in [0.3, 0.4) is 0 Å². The third kappa shape index (κ3) is 3.07. The minimum Gasteiger partial charge on any atom is -0.466 e. The van der Waals surface area contributed by atoms with E-state index in [1.165, 1.54) is 0 Å². The van der Waals surface area contributed by atoms with E-state index in [9.17, 15) is 13.6 Å². The lowest BCUT2D eigenvalue weighted by Gasteiger charge is -2.21. The third-order valence-corrected chi connectivity index (χ3v) is 2.82. The van der Waals surface area contributed by atoms with E-state index in [-0.39, 0.29) is 13.1 Å². The highest BCUT2D eigenvalue weighted by Crippen LogP contribution is 2.22. The summed E-state index contributed by atoms with van der Waals surface area (Å²) in [5.41, 5.74) is 6.39. The van der Waals surface area contributed by atoms with Crippen LogP contribution in [0.4, 0.5) is 8.78 Å². The average Bonchev–Trinajstić information content (AvgIpc) is 2.51. The van der Waals surface area contributed by atoms with Gasteiger partial charge in [-0.3, -0.25) is 4.79 Å². The molecule has 0 spiro atoms. The molecule has 0 radical (unpaired) electrons. The standard InChI is InChI=1S/C12H18F2N2O2/c1-7-8(2)18-9(3)11(7)12(17)16(5-4-15)6-10(13)14/h10H,4-6,15H2,1-3H3. The first-order chi connectivity index (χ1) is 8.38. The van der Waals surface area contributed by atoms with Crippen LogP contribution in [0.5, 0.6) is 0 Å². The zero-order chi connectivity index (χ0) is 13.9. The van der Waals surface area contributed by atoms with Gasteiger partial charge in [-0.2, -0.15) is 0 Å². The van der Waals surface area contributed by atoms with Crippen molar-refractivity contribution in [1.29, 1.82) is 0 Å². The van der Waals surface area contributed by atoms with Gasteiger partial charge >= 0.3 is 0 Å². The Labute approximate surface area is 105 Å². The van der Waals surface area contributed by atoms with Crippen LogP contribution in [0, 0.1) is 20.8 Å². The van der Waals surface area contributed by atoms with Crippen molar-refractivity contribution in [2.24, 2.45) is 5.73 Å². The van der Waals surface area contributed by atoms with E-state index < -0.39 is 18.9 Å². The highest BCUT2D eigenvalue weighted by atomic mass is 19.3. The molecule has 6 heteroatoms. The van der Waals surface area contributed by atoms with Crippen molar-refractivity contribution in [3.8, 4) is 0 Å². The molecule has 1 aromatic rings. The van der Waals surface area contributed by atoms with Gasteiger partial charge in [0.2, 0.25) is 0 Å². The lowest BCUT2D eigenvalue weighted by atomic mass is 10.1. The average molecular weight is 260 g/mol. The second-order valence-electron chi connectivity index (χ2n) is 4.15. The number of furan rings is 1. The molecular formula is C12H18F2N2O2. The Hall–Kier alpha value is -1.43. The predicted molar refractivity (Wildman–Crippen MR) is 63.9 cm³/mol. The molecule has 0 saturated heterocycles. The Kier molecular flexibility index (Phi) is 4.84. The van der Waals surface area contributed by atoms with Crippen LogP contribution in [0.1, 0.15) is 27.4 Å². The summed E-state index contributed by atoms with van der Waals surface area (Å²) in [4.78, 5) is 13.3. The van der Waals surface area contributed by atoms with Gasteiger partial charge < -0.3 is 15.1 Å². The molecule has 0 atom stereocenters. The maximum Gasteiger partial charge on any atom is 0.257 e. The second kappa shape index (κ2) is 5.95. The Balaban J connectivity index is 3.01. The van der Waals surface area contributed by atoms with Crippen molar-refractivity contribution in [3.05, 3.63) is 22.6 Å². The van der Waals surface area contributed by atoms with Crippen molar-refractivity contribution < 1.29 is 18.0 Å². The van der Waals surface area contributed by atoms with Crippen LogP contribution in [0.2, 0.25) is 0 Å². The van der Waals surface area contributed by atoms with E-state index in [0.717, 1.165) is 4.90 Å². The summed E-state index contributed by atoms with van der Waals surface area (Å²) in [6.45, 7) is 4.76. The lowest BCUT2D eigenvalue weighted by molar-refractivity contribution is 0.0561. The number of hydrogen-bond donors (Lipinski definition) is 1. The Morgan fingerprint density at radius 3 is 2.33 bits per heavy atom. The number of nitrogens with two attached hydrogens (primary N) is 1. The van der Waals surface area contributed by atoms with Crippen LogP contribution < -0.4 is 5.73 Å². The first-order valence-electron chi connectivity index (χ1n) is 5.72. The molecule has 0 aliphatic heterocycles. The van der Waals surface area contributed by atoms with Gasteiger partial charge in [-0.15, -0.1) is 0 Å². The largest absolute Gasteiger partial charge is 0.466 e. The van der Waals surface area contributed by atoms with Crippen LogP contribution in [0.15, 0.2) is 4.42 Å². The van der Waals surface area contributed by atoms with Crippen LogP contribution in [-0.4, -0.2) is 36.9 Å². The molecule has 1 heterocycles. The van der Waals surface area contributed by atoms with E-state index in [1.54, 1.807) is 20.8 Å². The SMILES string of the molecule is Cc1oc(C)c(C(=O)N(CCN)CC(F)F)c1C. The molecule has 18 heavy (non-hydrogen) atoms. The maximum atomic E-state index is 12.4. The molecule has 0 aliphatic rings. The number of hydrogen-bond acceptors (Lipinski definition) is 3.